The first-order valence-electron chi connectivity index (χ1n) is 6.12. The molecule has 0 aliphatic carbocycles. The van der Waals surface area contributed by atoms with Gasteiger partial charge in [0.05, 0.1) is 15.6 Å². The zero-order valence-corrected chi connectivity index (χ0v) is 12.6. The van der Waals surface area contributed by atoms with Crippen molar-refractivity contribution in [3.63, 3.8) is 0 Å². The fraction of sp³-hybridized carbons (Fsp3) is 0.429. The van der Waals surface area contributed by atoms with Crippen LogP contribution in [0.15, 0.2) is 16.9 Å². The maximum absolute atomic E-state index is 12.1. The van der Waals surface area contributed by atoms with Gasteiger partial charge in [0.1, 0.15) is 0 Å². The van der Waals surface area contributed by atoms with E-state index in [-0.39, 0.29) is 16.9 Å². The Bertz CT molecular complexity index is 705. The van der Waals surface area contributed by atoms with Crippen LogP contribution in [0.25, 0.3) is 10.1 Å². The summed E-state index contributed by atoms with van der Waals surface area (Å²) < 4.78 is 2.31. The van der Waals surface area contributed by atoms with Crippen molar-refractivity contribution in [1.29, 1.82) is 0 Å². The molecule has 0 saturated carbocycles. The number of carbonyl (C=O) groups is 1. The second kappa shape index (κ2) is 4.49. The minimum Gasteiger partial charge on any atom is -0.355 e. The Balaban J connectivity index is 2.88. The van der Waals surface area contributed by atoms with E-state index in [2.05, 4.69) is 26.1 Å². The maximum atomic E-state index is 12.1. The molecule has 0 aliphatic heterocycles. The van der Waals surface area contributed by atoms with E-state index >= 15 is 0 Å². The van der Waals surface area contributed by atoms with Crippen LogP contribution in [-0.2, 0) is 12.5 Å². The number of benzene rings is 1. The molecule has 0 atom stereocenters. The highest BCUT2D eigenvalue weighted by Gasteiger charge is 2.21. The average Bonchev–Trinajstić information content (AvgIpc) is 2.62. The third-order valence-electron chi connectivity index (χ3n) is 3.17. The van der Waals surface area contributed by atoms with Crippen molar-refractivity contribution >= 4 is 27.5 Å². The van der Waals surface area contributed by atoms with Crippen LogP contribution in [0.1, 0.15) is 36.7 Å². The van der Waals surface area contributed by atoms with Gasteiger partial charge in [0, 0.05) is 14.1 Å². The van der Waals surface area contributed by atoms with Gasteiger partial charge in [-0.25, -0.2) is 0 Å². The highest BCUT2D eigenvalue weighted by atomic mass is 32.1. The third kappa shape index (κ3) is 2.30. The highest BCUT2D eigenvalue weighted by molar-refractivity contribution is 7.14. The van der Waals surface area contributed by atoms with E-state index in [1.165, 1.54) is 11.5 Å². The summed E-state index contributed by atoms with van der Waals surface area (Å²) in [7, 11) is 3.32. The number of nitrogens with one attached hydrogen (secondary N) is 1. The van der Waals surface area contributed by atoms with E-state index in [9.17, 15) is 9.59 Å². The number of amides is 1. The Kier molecular flexibility index (Phi) is 3.26. The quantitative estimate of drug-likeness (QED) is 0.870. The van der Waals surface area contributed by atoms with Crippen LogP contribution in [0.3, 0.4) is 0 Å². The van der Waals surface area contributed by atoms with Crippen LogP contribution in [-0.4, -0.2) is 16.9 Å². The summed E-state index contributed by atoms with van der Waals surface area (Å²) in [5.41, 5.74) is 1.42. The SMILES string of the molecule is CNC(=O)c1cc(C(C)(C)C)cc2c(=O)n(C)sc12. The van der Waals surface area contributed by atoms with Crippen LogP contribution in [0.5, 0.6) is 0 Å². The minimum absolute atomic E-state index is 0.0451. The molecule has 1 aromatic heterocycles. The smallest absolute Gasteiger partial charge is 0.268 e. The Morgan fingerprint density at radius 3 is 2.47 bits per heavy atom. The molecule has 0 spiro atoms. The molecular weight excluding hydrogens is 260 g/mol. The second-order valence-electron chi connectivity index (χ2n) is 5.62. The average molecular weight is 278 g/mol. The van der Waals surface area contributed by atoms with Crippen molar-refractivity contribution in [3.8, 4) is 0 Å². The predicted octanol–water partition coefficient (Wildman–Crippen LogP) is 2.26. The van der Waals surface area contributed by atoms with E-state index in [1.54, 1.807) is 18.1 Å². The Morgan fingerprint density at radius 1 is 1.32 bits per heavy atom. The van der Waals surface area contributed by atoms with Gasteiger partial charge in [-0.1, -0.05) is 32.3 Å². The van der Waals surface area contributed by atoms with Gasteiger partial charge in [-0.2, -0.15) is 0 Å². The number of rotatable bonds is 1. The molecule has 1 heterocycles. The Morgan fingerprint density at radius 2 is 1.95 bits per heavy atom. The number of nitrogens with zero attached hydrogens (tertiary/aromatic N) is 1. The van der Waals surface area contributed by atoms with Gasteiger partial charge >= 0.3 is 0 Å². The van der Waals surface area contributed by atoms with Crippen molar-refractivity contribution in [2.45, 2.75) is 26.2 Å². The molecule has 19 heavy (non-hydrogen) atoms. The summed E-state index contributed by atoms with van der Waals surface area (Å²) in [6.07, 6.45) is 0. The molecule has 2 aromatic rings. The molecule has 0 fully saturated rings. The van der Waals surface area contributed by atoms with Gasteiger partial charge in [0.25, 0.3) is 11.5 Å². The lowest BCUT2D eigenvalue weighted by Crippen LogP contribution is -2.20. The maximum Gasteiger partial charge on any atom is 0.268 e. The summed E-state index contributed by atoms with van der Waals surface area (Å²) in [5, 5.41) is 3.26. The third-order valence-corrected chi connectivity index (χ3v) is 4.23. The summed E-state index contributed by atoms with van der Waals surface area (Å²) >= 11 is 1.31. The van der Waals surface area contributed by atoms with Crippen molar-refractivity contribution in [2.75, 3.05) is 7.05 Å². The Hall–Kier alpha value is -1.62. The summed E-state index contributed by atoms with van der Waals surface area (Å²) in [6, 6.07) is 3.79. The van der Waals surface area contributed by atoms with Crippen LogP contribution < -0.4 is 10.9 Å². The van der Waals surface area contributed by atoms with E-state index < -0.39 is 0 Å². The molecule has 102 valence electrons. The molecule has 0 aliphatic rings. The van der Waals surface area contributed by atoms with E-state index in [0.29, 0.717) is 10.9 Å². The van der Waals surface area contributed by atoms with Crippen molar-refractivity contribution in [2.24, 2.45) is 7.05 Å². The molecule has 1 N–H and O–H groups in total. The number of hydrogen-bond donors (Lipinski definition) is 1. The molecule has 1 amide bonds. The van der Waals surface area contributed by atoms with Gasteiger partial charge in [-0.15, -0.1) is 0 Å². The number of aryl methyl sites for hydroxylation is 1. The highest BCUT2D eigenvalue weighted by Crippen LogP contribution is 2.29. The molecule has 1 aromatic carbocycles. The lowest BCUT2D eigenvalue weighted by atomic mass is 9.85. The fourth-order valence-corrected chi connectivity index (χ4v) is 2.92. The molecule has 0 saturated heterocycles. The summed E-state index contributed by atoms with van der Waals surface area (Å²) in [5.74, 6) is -0.155. The summed E-state index contributed by atoms with van der Waals surface area (Å²) in [6.45, 7) is 6.20. The van der Waals surface area contributed by atoms with E-state index in [1.807, 2.05) is 12.1 Å². The lowest BCUT2D eigenvalue weighted by molar-refractivity contribution is 0.0965. The van der Waals surface area contributed by atoms with Crippen molar-refractivity contribution in [1.82, 2.24) is 9.27 Å². The molecule has 0 radical (unpaired) electrons. The van der Waals surface area contributed by atoms with Gasteiger partial charge < -0.3 is 5.32 Å². The van der Waals surface area contributed by atoms with Gasteiger partial charge in [-0.05, 0) is 23.1 Å². The van der Waals surface area contributed by atoms with E-state index in [4.69, 9.17) is 0 Å². The largest absolute Gasteiger partial charge is 0.355 e. The standard InChI is InChI=1S/C14H18N2O2S/c1-14(2,3)8-6-9(12(17)15-4)11-10(7-8)13(18)16(5)19-11/h6-7H,1-5H3,(H,15,17). The normalized spacial score (nSPS) is 11.8. The summed E-state index contributed by atoms with van der Waals surface area (Å²) in [4.78, 5) is 24.1. The van der Waals surface area contributed by atoms with Crippen LogP contribution in [0.4, 0.5) is 0 Å². The number of hydrogen-bond acceptors (Lipinski definition) is 3. The number of carbonyl (C=O) groups excluding carboxylic acids is 1. The molecule has 5 heteroatoms. The molecule has 4 nitrogen and oxygen atoms in total. The van der Waals surface area contributed by atoms with Crippen LogP contribution >= 0.6 is 11.5 Å². The Labute approximate surface area is 116 Å². The monoisotopic (exact) mass is 278 g/mol. The molecule has 2 rings (SSSR count). The topological polar surface area (TPSA) is 51.1 Å². The van der Waals surface area contributed by atoms with Gasteiger partial charge in [0.15, 0.2) is 0 Å². The van der Waals surface area contributed by atoms with Crippen molar-refractivity contribution in [3.05, 3.63) is 33.6 Å². The first-order valence-corrected chi connectivity index (χ1v) is 6.89. The molecule has 0 bridgehead atoms. The predicted molar refractivity (Wildman–Crippen MR) is 79.2 cm³/mol. The number of aromatic nitrogens is 1. The molecular formula is C14H18N2O2S. The zero-order valence-electron chi connectivity index (χ0n) is 11.8. The van der Waals surface area contributed by atoms with E-state index in [0.717, 1.165) is 10.3 Å². The second-order valence-corrected chi connectivity index (χ2v) is 6.76. The zero-order chi connectivity index (χ0) is 14.4. The molecule has 0 unspecified atom stereocenters. The minimum atomic E-state index is -0.155. The van der Waals surface area contributed by atoms with Crippen LogP contribution in [0, 0.1) is 0 Å². The van der Waals surface area contributed by atoms with Crippen LogP contribution in [0.2, 0.25) is 0 Å². The van der Waals surface area contributed by atoms with Gasteiger partial charge in [0.2, 0.25) is 0 Å². The van der Waals surface area contributed by atoms with Gasteiger partial charge in [-0.3, -0.25) is 13.5 Å². The number of fused-ring (bicyclic) bond motifs is 1. The first-order chi connectivity index (χ1) is 8.75. The first kappa shape index (κ1) is 13.8. The van der Waals surface area contributed by atoms with Crippen molar-refractivity contribution < 1.29 is 4.79 Å². The fourth-order valence-electron chi connectivity index (χ4n) is 1.97. The lowest BCUT2D eigenvalue weighted by Gasteiger charge is -2.19.